The van der Waals surface area contributed by atoms with Crippen LogP contribution in [0.3, 0.4) is 0 Å². The molecule has 5 atom stereocenters. The number of rotatable bonds is 6. The third-order valence-corrected chi connectivity index (χ3v) is 9.10. The summed E-state index contributed by atoms with van der Waals surface area (Å²) in [6, 6.07) is 8.77. The van der Waals surface area contributed by atoms with E-state index in [-0.39, 0.29) is 5.91 Å². The first-order valence-corrected chi connectivity index (χ1v) is 13.0. The maximum Gasteiger partial charge on any atom is 0.251 e. The van der Waals surface area contributed by atoms with Crippen molar-refractivity contribution in [2.75, 3.05) is 24.6 Å². The van der Waals surface area contributed by atoms with E-state index in [0.29, 0.717) is 12.1 Å². The van der Waals surface area contributed by atoms with Crippen molar-refractivity contribution in [1.82, 2.24) is 5.32 Å². The van der Waals surface area contributed by atoms with Gasteiger partial charge in [0, 0.05) is 37.0 Å². The molecule has 1 aromatic rings. The fraction of sp³-hybridized carbons (Fsp3) is 0.741. The van der Waals surface area contributed by atoms with Crippen LogP contribution in [0.5, 0.6) is 0 Å². The lowest BCUT2D eigenvalue weighted by molar-refractivity contribution is 0.0305. The zero-order chi connectivity index (χ0) is 20.8. The number of amides is 1. The molecule has 0 radical (unpaired) electrons. The summed E-state index contributed by atoms with van der Waals surface area (Å²) in [5.41, 5.74) is 2.06. The monoisotopic (exact) mass is 422 g/mol. The molecular weight excluding hydrogens is 384 g/mol. The Labute approximate surface area is 187 Å². The first-order valence-electron chi connectivity index (χ1n) is 13.0. The molecule has 4 saturated carbocycles. The molecule has 4 nitrogen and oxygen atoms in total. The number of nitrogens with zero attached hydrogens (tertiary/aromatic N) is 1. The predicted octanol–water partition coefficient (Wildman–Crippen LogP) is 5.03. The van der Waals surface area contributed by atoms with E-state index in [1.54, 1.807) is 0 Å². The van der Waals surface area contributed by atoms with Crippen molar-refractivity contribution >= 4 is 11.6 Å². The third-order valence-electron chi connectivity index (χ3n) is 9.10. The van der Waals surface area contributed by atoms with Gasteiger partial charge in [-0.1, -0.05) is 12.8 Å². The van der Waals surface area contributed by atoms with Crippen molar-refractivity contribution in [3.05, 3.63) is 29.8 Å². The van der Waals surface area contributed by atoms with E-state index in [9.17, 15) is 4.79 Å². The number of carbonyl (C=O) groups is 1. The number of carbonyl (C=O) groups excluding carboxylic acids is 1. The van der Waals surface area contributed by atoms with Gasteiger partial charge in [0.1, 0.15) is 0 Å². The molecule has 1 saturated heterocycles. The zero-order valence-electron chi connectivity index (χ0n) is 18.8. The molecule has 1 heterocycles. The van der Waals surface area contributed by atoms with Crippen molar-refractivity contribution < 1.29 is 9.53 Å². The van der Waals surface area contributed by atoms with E-state index in [2.05, 4.69) is 22.3 Å². The van der Waals surface area contributed by atoms with Crippen molar-refractivity contribution in [3.63, 3.8) is 0 Å². The minimum Gasteiger partial charge on any atom is -0.378 e. The third kappa shape index (κ3) is 4.25. The number of ether oxygens (including phenoxy) is 1. The molecule has 168 valence electrons. The van der Waals surface area contributed by atoms with Crippen LogP contribution in [0.15, 0.2) is 24.3 Å². The van der Waals surface area contributed by atoms with Gasteiger partial charge in [0.2, 0.25) is 0 Å². The van der Waals surface area contributed by atoms with Gasteiger partial charge in [-0.05, 0) is 105 Å². The van der Waals surface area contributed by atoms with Crippen LogP contribution in [0, 0.1) is 29.6 Å². The average molecular weight is 423 g/mol. The van der Waals surface area contributed by atoms with Crippen LogP contribution in [0.4, 0.5) is 5.69 Å². The van der Waals surface area contributed by atoms with Crippen LogP contribution < -0.4 is 10.2 Å². The van der Waals surface area contributed by atoms with Crippen molar-refractivity contribution in [3.8, 4) is 0 Å². The Balaban J connectivity index is 1.04. The standard InChI is InChI=1S/C27H38N2O2/c30-27(28-26-22-15-19-2-1-3-25(26)21(14-19)16-22)20-6-8-23(9-7-20)29-12-10-24(11-13-29)31-17-18-4-5-18/h6-9,18-19,21-22,24-26H,1-5,10-17H2,(H,28,30). The lowest BCUT2D eigenvalue weighted by Gasteiger charge is -2.33. The number of fused-ring (bicyclic) bond motifs is 2. The van der Waals surface area contributed by atoms with Crippen LogP contribution in [0.1, 0.15) is 74.6 Å². The molecule has 1 N–H and O–H groups in total. The van der Waals surface area contributed by atoms with E-state index < -0.39 is 0 Å². The molecule has 0 aromatic heterocycles. The van der Waals surface area contributed by atoms with E-state index in [1.165, 1.54) is 57.1 Å². The highest BCUT2D eigenvalue weighted by Gasteiger charge is 2.49. The Morgan fingerprint density at radius 2 is 1.71 bits per heavy atom. The molecule has 5 unspecified atom stereocenters. The average Bonchev–Trinajstić information content (AvgIpc) is 3.61. The molecule has 1 aromatic carbocycles. The van der Waals surface area contributed by atoms with Gasteiger partial charge in [-0.2, -0.15) is 0 Å². The molecule has 3 bridgehead atoms. The first kappa shape index (κ1) is 20.1. The summed E-state index contributed by atoms with van der Waals surface area (Å²) < 4.78 is 6.08. The Morgan fingerprint density at radius 3 is 2.48 bits per heavy atom. The summed E-state index contributed by atoms with van der Waals surface area (Å²) in [6.07, 6.45) is 13.6. The smallest absolute Gasteiger partial charge is 0.251 e. The van der Waals surface area contributed by atoms with Crippen LogP contribution >= 0.6 is 0 Å². The molecule has 1 aliphatic heterocycles. The first-order chi connectivity index (χ1) is 15.2. The summed E-state index contributed by atoms with van der Waals surface area (Å²) in [7, 11) is 0. The summed E-state index contributed by atoms with van der Waals surface area (Å²) in [6.45, 7) is 3.07. The zero-order valence-corrected chi connectivity index (χ0v) is 18.8. The molecule has 5 fully saturated rings. The van der Waals surface area contributed by atoms with Crippen LogP contribution in [0.25, 0.3) is 0 Å². The fourth-order valence-electron chi connectivity index (χ4n) is 7.23. The highest BCUT2D eigenvalue weighted by atomic mass is 16.5. The molecule has 0 spiro atoms. The predicted molar refractivity (Wildman–Crippen MR) is 123 cm³/mol. The summed E-state index contributed by atoms with van der Waals surface area (Å²) in [5.74, 6) is 4.23. The minimum absolute atomic E-state index is 0.137. The number of anilines is 1. The number of benzene rings is 1. The largest absolute Gasteiger partial charge is 0.378 e. The van der Waals surface area contributed by atoms with E-state index in [4.69, 9.17) is 4.74 Å². The van der Waals surface area contributed by atoms with E-state index >= 15 is 0 Å². The van der Waals surface area contributed by atoms with Gasteiger partial charge in [-0.3, -0.25) is 4.79 Å². The van der Waals surface area contributed by atoms with Gasteiger partial charge in [0.15, 0.2) is 0 Å². The second-order valence-corrected chi connectivity index (χ2v) is 11.2. The van der Waals surface area contributed by atoms with Gasteiger partial charge >= 0.3 is 0 Å². The number of nitrogens with one attached hydrogen (secondary N) is 1. The molecule has 6 rings (SSSR count). The minimum atomic E-state index is 0.137. The number of piperidine rings is 1. The Bertz CT molecular complexity index is 781. The van der Waals surface area contributed by atoms with Crippen molar-refractivity contribution in [2.24, 2.45) is 29.6 Å². The number of hydrogen-bond acceptors (Lipinski definition) is 3. The quantitative estimate of drug-likeness (QED) is 0.699. The van der Waals surface area contributed by atoms with Gasteiger partial charge in [0.25, 0.3) is 5.91 Å². The topological polar surface area (TPSA) is 41.6 Å². The van der Waals surface area contributed by atoms with E-state index in [0.717, 1.165) is 67.7 Å². The molecule has 1 amide bonds. The Morgan fingerprint density at radius 1 is 0.935 bits per heavy atom. The van der Waals surface area contributed by atoms with Gasteiger partial charge < -0.3 is 15.0 Å². The van der Waals surface area contributed by atoms with Crippen LogP contribution in [-0.2, 0) is 4.74 Å². The van der Waals surface area contributed by atoms with Crippen molar-refractivity contribution in [1.29, 1.82) is 0 Å². The second-order valence-electron chi connectivity index (χ2n) is 11.2. The maximum absolute atomic E-state index is 13.1. The molecule has 5 aliphatic rings. The lowest BCUT2D eigenvalue weighted by atomic mass is 9.79. The van der Waals surface area contributed by atoms with Gasteiger partial charge in [0.05, 0.1) is 6.10 Å². The number of hydrogen-bond donors (Lipinski definition) is 1. The van der Waals surface area contributed by atoms with Crippen LogP contribution in [0.2, 0.25) is 0 Å². The molecule has 4 aliphatic carbocycles. The maximum atomic E-state index is 13.1. The summed E-state index contributed by atoms with van der Waals surface area (Å²) in [4.78, 5) is 15.5. The molecule has 4 heteroatoms. The molecule has 31 heavy (non-hydrogen) atoms. The highest BCUT2D eigenvalue weighted by Crippen LogP contribution is 2.53. The fourth-order valence-corrected chi connectivity index (χ4v) is 7.23. The van der Waals surface area contributed by atoms with E-state index in [1.807, 2.05) is 12.1 Å². The van der Waals surface area contributed by atoms with Crippen LogP contribution in [-0.4, -0.2) is 37.7 Å². The van der Waals surface area contributed by atoms with Gasteiger partial charge in [-0.15, -0.1) is 0 Å². The lowest BCUT2D eigenvalue weighted by Crippen LogP contribution is -2.42. The highest BCUT2D eigenvalue weighted by molar-refractivity contribution is 5.94. The summed E-state index contributed by atoms with van der Waals surface area (Å²) >= 11 is 0. The Hall–Kier alpha value is -1.55. The van der Waals surface area contributed by atoms with Gasteiger partial charge in [-0.25, -0.2) is 0 Å². The molecular formula is C27H38N2O2. The normalized spacial score (nSPS) is 35.2. The Kier molecular flexibility index (Phi) is 5.46. The SMILES string of the molecule is O=C(NC1C2CC3CCCC1C(C3)C2)c1ccc(N2CCC(OCC3CC3)CC2)cc1. The van der Waals surface area contributed by atoms with Crippen molar-refractivity contribution in [2.45, 2.75) is 76.4 Å². The second kappa shape index (κ2) is 8.42. The summed E-state index contributed by atoms with van der Waals surface area (Å²) in [5, 5.41) is 3.49.